The van der Waals surface area contributed by atoms with Crippen molar-refractivity contribution in [3.05, 3.63) is 52.1 Å². The molecule has 0 atom stereocenters. The van der Waals surface area contributed by atoms with E-state index in [1.807, 2.05) is 0 Å². The molecule has 28 heavy (non-hydrogen) atoms. The fraction of sp³-hybridized carbons (Fsp3) is 0.556. The van der Waals surface area contributed by atoms with Crippen molar-refractivity contribution in [2.75, 3.05) is 0 Å². The molecule has 154 valence electrons. The zero-order valence-corrected chi connectivity index (χ0v) is 19.6. The SMILES string of the molecule is CC(C)c1cc(C(C)C)c(-c2cc(C(C)C)c(O)c(C(C)C)c2)c(C(C)C)c1. The highest BCUT2D eigenvalue weighted by Crippen LogP contribution is 2.43. The van der Waals surface area contributed by atoms with Gasteiger partial charge in [-0.3, -0.25) is 0 Å². The highest BCUT2D eigenvalue weighted by molar-refractivity contribution is 5.76. The lowest BCUT2D eigenvalue weighted by Gasteiger charge is -2.25. The predicted molar refractivity (Wildman–Crippen MR) is 124 cm³/mol. The third kappa shape index (κ3) is 4.45. The maximum Gasteiger partial charge on any atom is 0.122 e. The molecule has 0 saturated carbocycles. The molecular formula is C27H40O. The smallest absolute Gasteiger partial charge is 0.122 e. The van der Waals surface area contributed by atoms with Gasteiger partial charge in [-0.15, -0.1) is 0 Å². The highest BCUT2D eigenvalue weighted by Gasteiger charge is 2.22. The summed E-state index contributed by atoms with van der Waals surface area (Å²) in [5.41, 5.74) is 9.00. The number of phenolic OH excluding ortho intramolecular Hbond substituents is 1. The quantitative estimate of drug-likeness (QED) is 0.531. The van der Waals surface area contributed by atoms with Gasteiger partial charge in [0.05, 0.1) is 0 Å². The Morgan fingerprint density at radius 1 is 0.500 bits per heavy atom. The molecule has 0 spiro atoms. The standard InChI is InChI=1S/C27H40O/c1-15(2)20-11-22(16(3)4)26(23(12-20)17(5)6)21-13-24(18(7)8)27(28)25(14-21)19(9)10/h11-19,28H,1-10H3. The molecule has 2 aromatic rings. The lowest BCUT2D eigenvalue weighted by molar-refractivity contribution is 0.454. The van der Waals surface area contributed by atoms with Gasteiger partial charge < -0.3 is 5.11 Å². The Labute approximate surface area is 173 Å². The van der Waals surface area contributed by atoms with Crippen LogP contribution in [0.2, 0.25) is 0 Å². The number of aromatic hydroxyl groups is 1. The molecule has 1 N–H and O–H groups in total. The Bertz CT molecular complexity index is 764. The van der Waals surface area contributed by atoms with Crippen LogP contribution in [-0.4, -0.2) is 5.11 Å². The van der Waals surface area contributed by atoms with E-state index in [-0.39, 0.29) is 11.8 Å². The molecule has 1 nitrogen and oxygen atoms in total. The fourth-order valence-corrected chi connectivity index (χ4v) is 3.99. The molecule has 0 bridgehead atoms. The Hall–Kier alpha value is -1.76. The summed E-state index contributed by atoms with van der Waals surface area (Å²) in [4.78, 5) is 0. The van der Waals surface area contributed by atoms with Crippen LogP contribution in [0, 0.1) is 0 Å². The largest absolute Gasteiger partial charge is 0.507 e. The van der Waals surface area contributed by atoms with E-state index in [1.165, 1.54) is 27.8 Å². The van der Waals surface area contributed by atoms with Crippen molar-refractivity contribution >= 4 is 0 Å². The molecule has 0 unspecified atom stereocenters. The van der Waals surface area contributed by atoms with Crippen molar-refractivity contribution in [2.45, 2.75) is 98.8 Å². The van der Waals surface area contributed by atoms with E-state index in [0.717, 1.165) is 11.1 Å². The maximum atomic E-state index is 10.9. The second-order valence-electron chi connectivity index (χ2n) is 9.85. The van der Waals surface area contributed by atoms with Crippen LogP contribution in [0.4, 0.5) is 0 Å². The number of rotatable bonds is 6. The van der Waals surface area contributed by atoms with Crippen LogP contribution in [0.15, 0.2) is 24.3 Å². The summed E-state index contributed by atoms with van der Waals surface area (Å²) in [6, 6.07) is 9.28. The summed E-state index contributed by atoms with van der Waals surface area (Å²) in [5.74, 6) is 2.47. The highest BCUT2D eigenvalue weighted by atomic mass is 16.3. The van der Waals surface area contributed by atoms with Crippen molar-refractivity contribution in [1.29, 1.82) is 0 Å². The molecule has 0 heterocycles. The van der Waals surface area contributed by atoms with Gasteiger partial charge in [-0.05, 0) is 80.7 Å². The van der Waals surface area contributed by atoms with E-state index in [0.29, 0.717) is 23.5 Å². The monoisotopic (exact) mass is 380 g/mol. The molecule has 2 rings (SSSR count). The van der Waals surface area contributed by atoms with E-state index >= 15 is 0 Å². The second kappa shape index (κ2) is 8.72. The molecule has 0 aliphatic carbocycles. The van der Waals surface area contributed by atoms with Crippen LogP contribution in [0.3, 0.4) is 0 Å². The van der Waals surface area contributed by atoms with Crippen molar-refractivity contribution in [2.24, 2.45) is 0 Å². The molecule has 0 aliphatic rings. The molecule has 0 aliphatic heterocycles. The second-order valence-corrected chi connectivity index (χ2v) is 9.85. The first-order valence-corrected chi connectivity index (χ1v) is 11.0. The zero-order valence-electron chi connectivity index (χ0n) is 19.6. The Balaban J connectivity index is 2.93. The average molecular weight is 381 g/mol. The van der Waals surface area contributed by atoms with Crippen molar-refractivity contribution in [3.8, 4) is 16.9 Å². The van der Waals surface area contributed by atoms with Gasteiger partial charge in [0.15, 0.2) is 0 Å². The lowest BCUT2D eigenvalue weighted by Crippen LogP contribution is -2.05. The molecule has 1 heteroatoms. The van der Waals surface area contributed by atoms with Crippen LogP contribution in [-0.2, 0) is 0 Å². The zero-order chi connectivity index (χ0) is 21.3. The minimum Gasteiger partial charge on any atom is -0.507 e. The van der Waals surface area contributed by atoms with E-state index in [4.69, 9.17) is 0 Å². The molecular weight excluding hydrogens is 340 g/mol. The number of hydrogen-bond acceptors (Lipinski definition) is 1. The molecule has 2 aromatic carbocycles. The van der Waals surface area contributed by atoms with Crippen LogP contribution >= 0.6 is 0 Å². The number of hydrogen-bond donors (Lipinski definition) is 1. The summed E-state index contributed by atoms with van der Waals surface area (Å²) in [6.45, 7) is 22.4. The fourth-order valence-electron chi connectivity index (χ4n) is 3.99. The van der Waals surface area contributed by atoms with Gasteiger partial charge in [-0.2, -0.15) is 0 Å². The number of phenols is 1. The summed E-state index contributed by atoms with van der Waals surface area (Å²) < 4.78 is 0. The third-order valence-electron chi connectivity index (χ3n) is 5.83. The molecule has 0 saturated heterocycles. The summed E-state index contributed by atoms with van der Waals surface area (Å²) in [7, 11) is 0. The van der Waals surface area contributed by atoms with E-state index in [9.17, 15) is 5.11 Å². The van der Waals surface area contributed by atoms with Gasteiger partial charge in [0.25, 0.3) is 0 Å². The van der Waals surface area contributed by atoms with Crippen LogP contribution < -0.4 is 0 Å². The van der Waals surface area contributed by atoms with E-state index in [2.05, 4.69) is 93.5 Å². The Kier molecular flexibility index (Phi) is 7.02. The van der Waals surface area contributed by atoms with Gasteiger partial charge in [-0.1, -0.05) is 81.4 Å². The Morgan fingerprint density at radius 3 is 1.14 bits per heavy atom. The predicted octanol–water partition coefficient (Wildman–Crippen LogP) is 8.68. The minimum atomic E-state index is 0.289. The summed E-state index contributed by atoms with van der Waals surface area (Å²) in [6.07, 6.45) is 0. The first kappa shape index (κ1) is 22.5. The average Bonchev–Trinajstić information content (AvgIpc) is 2.59. The first-order valence-electron chi connectivity index (χ1n) is 11.0. The first-order chi connectivity index (χ1) is 13.0. The van der Waals surface area contributed by atoms with Crippen molar-refractivity contribution < 1.29 is 5.11 Å². The van der Waals surface area contributed by atoms with Crippen LogP contribution in [0.25, 0.3) is 11.1 Å². The molecule has 0 fully saturated rings. The topological polar surface area (TPSA) is 20.2 Å². The third-order valence-corrected chi connectivity index (χ3v) is 5.83. The van der Waals surface area contributed by atoms with Crippen molar-refractivity contribution in [1.82, 2.24) is 0 Å². The van der Waals surface area contributed by atoms with Gasteiger partial charge in [0.2, 0.25) is 0 Å². The normalized spacial score (nSPS) is 12.2. The van der Waals surface area contributed by atoms with Crippen LogP contribution in [0.1, 0.15) is 127 Å². The van der Waals surface area contributed by atoms with E-state index < -0.39 is 0 Å². The van der Waals surface area contributed by atoms with Gasteiger partial charge in [0.1, 0.15) is 5.75 Å². The lowest BCUT2D eigenvalue weighted by atomic mass is 9.80. The molecule has 0 aromatic heterocycles. The van der Waals surface area contributed by atoms with Gasteiger partial charge in [0, 0.05) is 0 Å². The van der Waals surface area contributed by atoms with Crippen molar-refractivity contribution in [3.63, 3.8) is 0 Å². The molecule has 0 amide bonds. The Morgan fingerprint density at radius 2 is 0.857 bits per heavy atom. The molecule has 0 radical (unpaired) electrons. The van der Waals surface area contributed by atoms with E-state index in [1.54, 1.807) is 0 Å². The number of benzene rings is 2. The summed E-state index contributed by atoms with van der Waals surface area (Å²) in [5, 5.41) is 10.9. The maximum absolute atomic E-state index is 10.9. The summed E-state index contributed by atoms with van der Waals surface area (Å²) >= 11 is 0. The van der Waals surface area contributed by atoms with Gasteiger partial charge >= 0.3 is 0 Å². The van der Waals surface area contributed by atoms with Crippen LogP contribution in [0.5, 0.6) is 5.75 Å². The minimum absolute atomic E-state index is 0.289. The van der Waals surface area contributed by atoms with Gasteiger partial charge in [-0.25, -0.2) is 0 Å².